The zero-order valence-electron chi connectivity index (χ0n) is 12.5. The fourth-order valence-electron chi connectivity index (χ4n) is 3.89. The summed E-state index contributed by atoms with van der Waals surface area (Å²) < 4.78 is 2.37. The van der Waals surface area contributed by atoms with Gasteiger partial charge in [0.2, 0.25) is 0 Å². The molecule has 0 radical (unpaired) electrons. The summed E-state index contributed by atoms with van der Waals surface area (Å²) in [5.41, 5.74) is 5.35. The van der Waals surface area contributed by atoms with Crippen LogP contribution in [0.2, 0.25) is 0 Å². The second-order valence-corrected chi connectivity index (χ2v) is 6.45. The molecule has 21 heavy (non-hydrogen) atoms. The van der Waals surface area contributed by atoms with E-state index in [2.05, 4.69) is 33.1 Å². The Bertz CT molecular complexity index is 623. The van der Waals surface area contributed by atoms with Crippen LogP contribution < -0.4 is 5.32 Å². The summed E-state index contributed by atoms with van der Waals surface area (Å²) in [7, 11) is 0. The van der Waals surface area contributed by atoms with Crippen LogP contribution >= 0.6 is 0 Å². The molecular weight excluding hydrogens is 258 g/mol. The molecule has 2 aromatic rings. The summed E-state index contributed by atoms with van der Waals surface area (Å²) in [6.45, 7) is 2.18. The number of aromatic nitrogens is 2. The van der Waals surface area contributed by atoms with Gasteiger partial charge in [-0.2, -0.15) is 0 Å². The molecule has 1 aliphatic carbocycles. The van der Waals surface area contributed by atoms with Crippen LogP contribution in [0.5, 0.6) is 0 Å². The lowest BCUT2D eigenvalue weighted by molar-refractivity contribution is 0.320. The van der Waals surface area contributed by atoms with Gasteiger partial charge in [-0.25, -0.2) is 4.98 Å². The maximum atomic E-state index is 4.42. The summed E-state index contributed by atoms with van der Waals surface area (Å²) in [5.74, 6) is 0.830. The van der Waals surface area contributed by atoms with Crippen molar-refractivity contribution in [3.63, 3.8) is 0 Å². The van der Waals surface area contributed by atoms with Gasteiger partial charge in [0, 0.05) is 24.3 Å². The van der Waals surface area contributed by atoms with Gasteiger partial charge in [0.05, 0.1) is 18.2 Å². The minimum atomic E-state index is 0.830. The average Bonchev–Trinajstić information content (AvgIpc) is 3.16. The Morgan fingerprint density at radius 2 is 2.10 bits per heavy atom. The van der Waals surface area contributed by atoms with Crippen LogP contribution in [0.4, 0.5) is 5.69 Å². The molecule has 3 heteroatoms. The lowest BCUT2D eigenvalue weighted by Gasteiger charge is -2.23. The van der Waals surface area contributed by atoms with Crippen LogP contribution in [-0.2, 0) is 13.0 Å². The van der Waals surface area contributed by atoms with Crippen LogP contribution in [0.1, 0.15) is 37.7 Å². The predicted octanol–water partition coefficient (Wildman–Crippen LogP) is 4.10. The van der Waals surface area contributed by atoms with Gasteiger partial charge in [0.15, 0.2) is 0 Å². The largest absolute Gasteiger partial charge is 0.384 e. The van der Waals surface area contributed by atoms with E-state index in [1.165, 1.54) is 54.6 Å². The molecule has 1 aromatic carbocycles. The van der Waals surface area contributed by atoms with Gasteiger partial charge in [0.25, 0.3) is 0 Å². The topological polar surface area (TPSA) is 29.9 Å². The number of imidazole rings is 1. The van der Waals surface area contributed by atoms with Gasteiger partial charge in [-0.3, -0.25) is 0 Å². The Morgan fingerprint density at radius 1 is 1.19 bits per heavy atom. The second kappa shape index (κ2) is 5.55. The van der Waals surface area contributed by atoms with E-state index in [-0.39, 0.29) is 0 Å². The normalized spacial score (nSPS) is 18.5. The molecule has 1 N–H and O–H groups in total. The van der Waals surface area contributed by atoms with Gasteiger partial charge in [0.1, 0.15) is 0 Å². The number of benzene rings is 1. The van der Waals surface area contributed by atoms with Crippen LogP contribution in [0, 0.1) is 5.92 Å². The van der Waals surface area contributed by atoms with E-state index in [0.717, 1.165) is 25.4 Å². The molecule has 0 bridgehead atoms. The molecule has 4 rings (SSSR count). The van der Waals surface area contributed by atoms with E-state index >= 15 is 0 Å². The first kappa shape index (κ1) is 12.9. The molecule has 0 atom stereocenters. The third-order valence-corrected chi connectivity index (χ3v) is 5.01. The third kappa shape index (κ3) is 2.45. The first-order valence-electron chi connectivity index (χ1n) is 8.28. The number of nitrogens with zero attached hydrogens (tertiary/aromatic N) is 2. The molecule has 1 aliphatic heterocycles. The highest BCUT2D eigenvalue weighted by molar-refractivity contribution is 5.79. The van der Waals surface area contributed by atoms with Crippen molar-refractivity contribution in [2.45, 2.75) is 45.1 Å². The van der Waals surface area contributed by atoms with Gasteiger partial charge in [-0.15, -0.1) is 0 Å². The van der Waals surface area contributed by atoms with E-state index in [1.807, 2.05) is 12.5 Å². The standard InChI is InChI=1S/C18H23N3/c1-2-5-14(6-3-1)12-21-13-19-11-17(21)16-8-4-7-15-9-10-20-18(15)16/h4,7-8,11,13-14,20H,1-3,5-6,9-10,12H2. The molecule has 1 saturated carbocycles. The molecule has 2 aliphatic rings. The SMILES string of the molecule is c1cc2c(c(-c3cncn3CC3CCCCC3)c1)NCC2. The highest BCUT2D eigenvalue weighted by Gasteiger charge is 2.19. The van der Waals surface area contributed by atoms with E-state index in [0.29, 0.717) is 0 Å². The molecule has 0 amide bonds. The number of hydrogen-bond donors (Lipinski definition) is 1. The first-order valence-corrected chi connectivity index (χ1v) is 8.28. The highest BCUT2D eigenvalue weighted by Crippen LogP contribution is 2.35. The fraction of sp³-hybridized carbons (Fsp3) is 0.500. The Balaban J connectivity index is 1.64. The minimum Gasteiger partial charge on any atom is -0.384 e. The Morgan fingerprint density at radius 3 is 3.00 bits per heavy atom. The van der Waals surface area contributed by atoms with Crippen molar-refractivity contribution in [3.05, 3.63) is 36.3 Å². The van der Waals surface area contributed by atoms with Crippen molar-refractivity contribution in [2.75, 3.05) is 11.9 Å². The Kier molecular flexibility index (Phi) is 3.42. The number of rotatable bonds is 3. The van der Waals surface area contributed by atoms with Crippen molar-refractivity contribution < 1.29 is 0 Å². The quantitative estimate of drug-likeness (QED) is 0.918. The van der Waals surface area contributed by atoms with Gasteiger partial charge >= 0.3 is 0 Å². The number of nitrogens with one attached hydrogen (secondary N) is 1. The summed E-state index contributed by atoms with van der Waals surface area (Å²) >= 11 is 0. The molecule has 1 aromatic heterocycles. The number of anilines is 1. The third-order valence-electron chi connectivity index (χ3n) is 5.01. The van der Waals surface area contributed by atoms with E-state index in [4.69, 9.17) is 0 Å². The van der Waals surface area contributed by atoms with E-state index < -0.39 is 0 Å². The van der Waals surface area contributed by atoms with Crippen molar-refractivity contribution in [1.29, 1.82) is 0 Å². The second-order valence-electron chi connectivity index (χ2n) is 6.45. The zero-order chi connectivity index (χ0) is 14.1. The van der Waals surface area contributed by atoms with E-state index in [9.17, 15) is 0 Å². The van der Waals surface area contributed by atoms with Crippen LogP contribution in [0.25, 0.3) is 11.3 Å². The van der Waals surface area contributed by atoms with E-state index in [1.54, 1.807) is 0 Å². The fourth-order valence-corrected chi connectivity index (χ4v) is 3.89. The lowest BCUT2D eigenvalue weighted by atomic mass is 9.89. The molecule has 0 saturated heterocycles. The van der Waals surface area contributed by atoms with Gasteiger partial charge in [-0.1, -0.05) is 37.5 Å². The number of hydrogen-bond acceptors (Lipinski definition) is 2. The molecule has 3 nitrogen and oxygen atoms in total. The minimum absolute atomic E-state index is 0.830. The Hall–Kier alpha value is -1.77. The molecule has 1 fully saturated rings. The molecule has 2 heterocycles. The van der Waals surface area contributed by atoms with Gasteiger partial charge < -0.3 is 9.88 Å². The maximum absolute atomic E-state index is 4.42. The summed E-state index contributed by atoms with van der Waals surface area (Å²) in [5, 5.41) is 3.55. The maximum Gasteiger partial charge on any atom is 0.0951 e. The summed E-state index contributed by atoms with van der Waals surface area (Å²) in [6.07, 6.45) is 12.2. The molecule has 0 unspecified atom stereocenters. The number of para-hydroxylation sites is 1. The predicted molar refractivity (Wildman–Crippen MR) is 86.4 cm³/mol. The summed E-state index contributed by atoms with van der Waals surface area (Å²) in [6, 6.07) is 6.64. The monoisotopic (exact) mass is 281 g/mol. The van der Waals surface area contributed by atoms with Crippen molar-refractivity contribution in [2.24, 2.45) is 5.92 Å². The highest BCUT2D eigenvalue weighted by atomic mass is 15.1. The number of fused-ring (bicyclic) bond motifs is 1. The average molecular weight is 281 g/mol. The molecular formula is C18H23N3. The molecule has 0 spiro atoms. The van der Waals surface area contributed by atoms with Crippen LogP contribution in [0.3, 0.4) is 0 Å². The van der Waals surface area contributed by atoms with Crippen molar-refractivity contribution >= 4 is 5.69 Å². The van der Waals surface area contributed by atoms with Crippen LogP contribution in [-0.4, -0.2) is 16.1 Å². The van der Waals surface area contributed by atoms with Crippen molar-refractivity contribution in [1.82, 2.24) is 9.55 Å². The van der Waals surface area contributed by atoms with Crippen LogP contribution in [0.15, 0.2) is 30.7 Å². The Labute approximate surface area is 126 Å². The van der Waals surface area contributed by atoms with Gasteiger partial charge in [-0.05, 0) is 30.7 Å². The smallest absolute Gasteiger partial charge is 0.0951 e. The first-order chi connectivity index (χ1) is 10.4. The lowest BCUT2D eigenvalue weighted by Crippen LogP contribution is -2.14. The molecule has 110 valence electrons. The zero-order valence-corrected chi connectivity index (χ0v) is 12.5. The van der Waals surface area contributed by atoms with Crippen molar-refractivity contribution in [3.8, 4) is 11.3 Å². The summed E-state index contributed by atoms with van der Waals surface area (Å²) in [4.78, 5) is 4.42.